The molecule has 8 nitrogen and oxygen atoms in total. The van der Waals surface area contributed by atoms with Gasteiger partial charge in [-0.1, -0.05) is 19.9 Å². The van der Waals surface area contributed by atoms with Gasteiger partial charge in [-0.3, -0.25) is 9.59 Å². The van der Waals surface area contributed by atoms with E-state index < -0.39 is 17.5 Å². The fraction of sp³-hybridized carbons (Fsp3) is 0.333. The van der Waals surface area contributed by atoms with Crippen molar-refractivity contribution in [2.75, 3.05) is 0 Å². The molecule has 0 aliphatic carbocycles. The molecule has 1 aromatic carbocycles. The Bertz CT molecular complexity index is 1390. The van der Waals surface area contributed by atoms with Crippen molar-refractivity contribution < 1.29 is 24.5 Å². The van der Waals surface area contributed by atoms with Gasteiger partial charge in [0, 0.05) is 16.5 Å². The Hall–Kier alpha value is -3.52. The highest BCUT2D eigenvalue weighted by molar-refractivity contribution is 5.90. The summed E-state index contributed by atoms with van der Waals surface area (Å²) in [5, 5.41) is 21.0. The highest BCUT2D eigenvalue weighted by Crippen LogP contribution is 2.40. The standard InChI is InChI=1S/C24H22N2O6/c1-3-13-14-7-12(8-20(27)28)5-6-18(14)25-21-15(13)10-26-19(21)9-17-16(22(26)29)11-32-23(30)24(17,31)4-2/h5-7,9,31H,3-4,8,10-11H2,1-2H3,(H,27,28). The smallest absolute Gasteiger partial charge is 0.343 e. The Balaban J connectivity index is 1.76. The summed E-state index contributed by atoms with van der Waals surface area (Å²) in [7, 11) is 0. The average molecular weight is 434 g/mol. The number of nitrogens with zero attached hydrogens (tertiary/aromatic N) is 2. The van der Waals surface area contributed by atoms with Crippen LogP contribution in [0, 0.1) is 0 Å². The summed E-state index contributed by atoms with van der Waals surface area (Å²) < 4.78 is 6.73. The van der Waals surface area contributed by atoms with Gasteiger partial charge in [0.25, 0.3) is 5.56 Å². The highest BCUT2D eigenvalue weighted by atomic mass is 16.6. The summed E-state index contributed by atoms with van der Waals surface area (Å²) in [6, 6.07) is 7.10. The summed E-state index contributed by atoms with van der Waals surface area (Å²) >= 11 is 0. The number of carboxylic acid groups (broad SMARTS) is 1. The van der Waals surface area contributed by atoms with Crippen molar-refractivity contribution in [3.05, 3.63) is 62.4 Å². The van der Waals surface area contributed by atoms with Gasteiger partial charge in [0.2, 0.25) is 0 Å². The number of esters is 1. The molecular formula is C24H22N2O6. The van der Waals surface area contributed by atoms with Crippen LogP contribution in [-0.4, -0.2) is 31.7 Å². The van der Waals surface area contributed by atoms with E-state index in [4.69, 9.17) is 14.8 Å². The van der Waals surface area contributed by atoms with Crippen molar-refractivity contribution in [3.8, 4) is 11.4 Å². The fourth-order valence-electron chi connectivity index (χ4n) is 4.90. The summed E-state index contributed by atoms with van der Waals surface area (Å²) in [6.07, 6.45) is 0.694. The van der Waals surface area contributed by atoms with Crippen LogP contribution in [0.1, 0.15) is 48.1 Å². The summed E-state index contributed by atoms with van der Waals surface area (Å²) in [6.45, 7) is 3.84. The van der Waals surface area contributed by atoms with Crippen molar-refractivity contribution in [3.63, 3.8) is 0 Å². The van der Waals surface area contributed by atoms with Crippen molar-refractivity contribution in [1.29, 1.82) is 0 Å². The molecule has 0 spiro atoms. The first-order valence-corrected chi connectivity index (χ1v) is 10.6. The van der Waals surface area contributed by atoms with Crippen molar-refractivity contribution in [2.24, 2.45) is 0 Å². The van der Waals surface area contributed by atoms with Gasteiger partial charge < -0.3 is 19.5 Å². The average Bonchev–Trinajstić information content (AvgIpc) is 3.13. The second-order valence-corrected chi connectivity index (χ2v) is 8.30. The van der Waals surface area contributed by atoms with Gasteiger partial charge in [-0.05, 0) is 42.2 Å². The zero-order valence-corrected chi connectivity index (χ0v) is 17.8. The van der Waals surface area contributed by atoms with Gasteiger partial charge in [0.15, 0.2) is 5.60 Å². The first-order valence-electron chi connectivity index (χ1n) is 10.6. The lowest BCUT2D eigenvalue weighted by atomic mass is 9.86. The normalized spacial score (nSPS) is 18.8. The number of benzene rings is 1. The number of fused-ring (bicyclic) bond motifs is 5. The molecule has 2 aliphatic rings. The minimum absolute atomic E-state index is 0.0772. The first kappa shape index (κ1) is 20.4. The number of aliphatic carboxylic acids is 1. The molecule has 0 amide bonds. The molecular weight excluding hydrogens is 412 g/mol. The Morgan fingerprint density at radius 3 is 2.69 bits per heavy atom. The lowest BCUT2D eigenvalue weighted by Gasteiger charge is -2.31. The molecule has 8 heteroatoms. The minimum atomic E-state index is -1.86. The van der Waals surface area contributed by atoms with Crippen LogP contribution in [0.15, 0.2) is 29.1 Å². The maximum absolute atomic E-state index is 13.3. The predicted octanol–water partition coefficient (Wildman–Crippen LogP) is 2.27. The van der Waals surface area contributed by atoms with Crippen molar-refractivity contribution in [2.45, 2.75) is 51.9 Å². The molecule has 0 radical (unpaired) electrons. The molecule has 1 unspecified atom stereocenters. The number of rotatable bonds is 4. The van der Waals surface area contributed by atoms with Gasteiger partial charge in [-0.15, -0.1) is 0 Å². The lowest BCUT2D eigenvalue weighted by molar-refractivity contribution is -0.172. The number of hydrogen-bond acceptors (Lipinski definition) is 6. The van der Waals surface area contributed by atoms with E-state index in [1.165, 1.54) is 0 Å². The molecule has 3 aromatic rings. The molecule has 2 N–H and O–H groups in total. The van der Waals surface area contributed by atoms with E-state index in [1.807, 2.05) is 13.0 Å². The maximum atomic E-state index is 13.3. The van der Waals surface area contributed by atoms with Crippen molar-refractivity contribution >= 4 is 22.8 Å². The first-order chi connectivity index (χ1) is 15.3. The highest BCUT2D eigenvalue weighted by Gasteiger charge is 2.45. The minimum Gasteiger partial charge on any atom is -0.481 e. The number of carbonyl (C=O) groups excluding carboxylic acids is 1. The number of ether oxygens (including phenoxy) is 1. The molecule has 0 saturated carbocycles. The van der Waals surface area contributed by atoms with Crippen LogP contribution in [0.3, 0.4) is 0 Å². The number of hydrogen-bond donors (Lipinski definition) is 2. The Labute approximate surface area is 183 Å². The largest absolute Gasteiger partial charge is 0.481 e. The third kappa shape index (κ3) is 2.72. The Morgan fingerprint density at radius 1 is 1.22 bits per heavy atom. The number of aliphatic hydroxyl groups is 1. The third-order valence-corrected chi connectivity index (χ3v) is 6.58. The molecule has 0 saturated heterocycles. The molecule has 164 valence electrons. The summed E-state index contributed by atoms with van der Waals surface area (Å²) in [4.78, 5) is 41.6. The molecule has 2 aliphatic heterocycles. The van der Waals surface area contributed by atoms with Crippen LogP contribution in [-0.2, 0) is 45.9 Å². The van der Waals surface area contributed by atoms with Gasteiger partial charge in [-0.25, -0.2) is 9.78 Å². The van der Waals surface area contributed by atoms with Crippen LogP contribution in [0.2, 0.25) is 0 Å². The predicted molar refractivity (Wildman–Crippen MR) is 115 cm³/mol. The van der Waals surface area contributed by atoms with E-state index in [9.17, 15) is 19.5 Å². The van der Waals surface area contributed by atoms with Crippen LogP contribution in [0.25, 0.3) is 22.3 Å². The number of carbonyl (C=O) groups is 2. The van der Waals surface area contributed by atoms with Gasteiger partial charge in [-0.2, -0.15) is 0 Å². The molecule has 32 heavy (non-hydrogen) atoms. The molecule has 1 atom stereocenters. The zero-order chi connectivity index (χ0) is 22.8. The van der Waals surface area contributed by atoms with Gasteiger partial charge >= 0.3 is 11.9 Å². The van der Waals surface area contributed by atoms with E-state index in [2.05, 4.69) is 0 Å². The lowest BCUT2D eigenvalue weighted by Crippen LogP contribution is -2.44. The molecule has 2 aromatic heterocycles. The van der Waals surface area contributed by atoms with Crippen LogP contribution < -0.4 is 5.56 Å². The Kier molecular flexibility index (Phi) is 4.46. The van der Waals surface area contributed by atoms with Gasteiger partial charge in [0.1, 0.15) is 6.61 Å². The van der Waals surface area contributed by atoms with Crippen LogP contribution in [0.5, 0.6) is 0 Å². The van der Waals surface area contributed by atoms with Crippen LogP contribution in [0.4, 0.5) is 0 Å². The van der Waals surface area contributed by atoms with E-state index in [1.54, 1.807) is 29.7 Å². The number of carboxylic acids is 1. The number of pyridine rings is 2. The number of cyclic esters (lactones) is 1. The van der Waals surface area contributed by atoms with E-state index >= 15 is 0 Å². The third-order valence-electron chi connectivity index (χ3n) is 6.58. The maximum Gasteiger partial charge on any atom is 0.343 e. The van der Waals surface area contributed by atoms with Gasteiger partial charge in [0.05, 0.1) is 35.4 Å². The SMILES string of the molecule is CCc1c2c(nc3ccc(CC(=O)O)cc13)-c1cc3c(c(=O)n1C2)COC(=O)C3(O)CC. The Morgan fingerprint density at radius 2 is 2.00 bits per heavy atom. The zero-order valence-electron chi connectivity index (χ0n) is 17.8. The van der Waals surface area contributed by atoms with E-state index in [0.717, 1.165) is 16.5 Å². The molecule has 0 fully saturated rings. The van der Waals surface area contributed by atoms with Crippen LogP contribution >= 0.6 is 0 Å². The number of aryl methyl sites for hydroxylation is 1. The summed E-state index contributed by atoms with van der Waals surface area (Å²) in [5.41, 5.74) is 2.94. The van der Waals surface area contributed by atoms with Crippen molar-refractivity contribution in [1.82, 2.24) is 9.55 Å². The van der Waals surface area contributed by atoms with E-state index in [-0.39, 0.29) is 36.1 Å². The van der Waals surface area contributed by atoms with E-state index in [0.29, 0.717) is 35.4 Å². The second-order valence-electron chi connectivity index (χ2n) is 8.30. The topological polar surface area (TPSA) is 119 Å². The molecule has 4 heterocycles. The second kappa shape index (κ2) is 7.00. The fourth-order valence-corrected chi connectivity index (χ4v) is 4.90. The monoisotopic (exact) mass is 434 g/mol. The number of aromatic nitrogens is 2. The molecule has 5 rings (SSSR count). The quantitative estimate of drug-likeness (QED) is 0.473. The molecule has 0 bridgehead atoms. The summed E-state index contributed by atoms with van der Waals surface area (Å²) in [5.74, 6) is -1.65.